The van der Waals surface area contributed by atoms with Crippen molar-refractivity contribution in [3.63, 3.8) is 0 Å². The number of hydrogen-bond donors (Lipinski definition) is 4. The molecule has 0 amide bonds. The molecule has 0 radical (unpaired) electrons. The summed E-state index contributed by atoms with van der Waals surface area (Å²) in [4.78, 5) is 14.6. The molecule has 42 heavy (non-hydrogen) atoms. The second kappa shape index (κ2) is 12.0. The Morgan fingerprint density at radius 1 is 1.02 bits per heavy atom. The molecule has 0 aliphatic carbocycles. The van der Waals surface area contributed by atoms with Gasteiger partial charge in [-0.3, -0.25) is 10.1 Å². The summed E-state index contributed by atoms with van der Waals surface area (Å²) in [6.45, 7) is 4.96. The maximum Gasteiger partial charge on any atom is 0.155 e. The fraction of sp³-hybridized carbons (Fsp3) is 0.219. The Morgan fingerprint density at radius 3 is 2.79 bits per heavy atom. The first kappa shape index (κ1) is 27.4. The van der Waals surface area contributed by atoms with Gasteiger partial charge in [0.2, 0.25) is 0 Å². The van der Waals surface area contributed by atoms with E-state index in [1.807, 2.05) is 49.7 Å². The number of likely N-dealkylation sites (N-methyl/N-ethyl adjacent to an activating group) is 2. The molecule has 0 spiro atoms. The minimum Gasteiger partial charge on any atom is -0.492 e. The summed E-state index contributed by atoms with van der Waals surface area (Å²) in [5.74, 6) is 0.119. The van der Waals surface area contributed by atoms with Crippen LogP contribution in [0.15, 0.2) is 79.0 Å². The van der Waals surface area contributed by atoms with Crippen molar-refractivity contribution in [2.75, 3.05) is 40.3 Å². The van der Waals surface area contributed by atoms with E-state index in [0.29, 0.717) is 23.6 Å². The lowest BCUT2D eigenvalue weighted by molar-refractivity contribution is 0.260. The lowest BCUT2D eigenvalue weighted by Crippen LogP contribution is -2.19. The van der Waals surface area contributed by atoms with Crippen LogP contribution in [0.5, 0.6) is 5.75 Å². The fourth-order valence-electron chi connectivity index (χ4n) is 4.95. The predicted molar refractivity (Wildman–Crippen MR) is 165 cm³/mol. The van der Waals surface area contributed by atoms with E-state index in [4.69, 9.17) is 4.74 Å². The fourth-order valence-corrected chi connectivity index (χ4v) is 4.95. The Balaban J connectivity index is 1.36. The summed E-state index contributed by atoms with van der Waals surface area (Å²) < 4.78 is 20.5. The van der Waals surface area contributed by atoms with Crippen LogP contribution in [0.3, 0.4) is 0 Å². The largest absolute Gasteiger partial charge is 0.492 e. The van der Waals surface area contributed by atoms with Gasteiger partial charge in [-0.1, -0.05) is 6.92 Å². The number of halogens is 1. The molecule has 1 aromatic carbocycles. The van der Waals surface area contributed by atoms with Crippen LogP contribution in [0, 0.1) is 5.82 Å². The maximum atomic E-state index is 14.6. The highest BCUT2D eigenvalue weighted by molar-refractivity contribution is 6.00. The van der Waals surface area contributed by atoms with Gasteiger partial charge in [0.1, 0.15) is 23.9 Å². The molecule has 0 bridgehead atoms. The van der Waals surface area contributed by atoms with Crippen LogP contribution in [0.25, 0.3) is 50.0 Å². The van der Waals surface area contributed by atoms with Crippen molar-refractivity contribution >= 4 is 27.5 Å². The van der Waals surface area contributed by atoms with Gasteiger partial charge in [0.25, 0.3) is 0 Å². The molecular weight excluding hydrogens is 531 g/mol. The normalized spacial score (nSPS) is 13.4. The zero-order valence-corrected chi connectivity index (χ0v) is 23.8. The summed E-state index contributed by atoms with van der Waals surface area (Å²) in [5, 5.41) is 16.1. The Labute approximate surface area is 243 Å². The third kappa shape index (κ3) is 5.81. The highest BCUT2D eigenvalue weighted by atomic mass is 19.1. The number of benzene rings is 1. The number of aromatic amines is 2. The van der Waals surface area contributed by atoms with Crippen molar-refractivity contribution in [3.8, 4) is 28.3 Å². The van der Waals surface area contributed by atoms with Crippen LogP contribution in [0.4, 0.5) is 4.39 Å². The molecule has 4 aromatic heterocycles. The average Bonchev–Trinajstić information content (AvgIpc) is 3.52. The first-order valence-corrected chi connectivity index (χ1v) is 13.9. The van der Waals surface area contributed by atoms with E-state index in [0.717, 1.165) is 64.0 Å². The van der Waals surface area contributed by atoms with Crippen LogP contribution < -0.4 is 15.4 Å². The van der Waals surface area contributed by atoms with Crippen LogP contribution in [-0.2, 0) is 0 Å². The minimum absolute atomic E-state index is 0.364. The smallest absolute Gasteiger partial charge is 0.155 e. The number of rotatable bonds is 10. The molecule has 5 aromatic rings. The van der Waals surface area contributed by atoms with Crippen molar-refractivity contribution in [3.05, 3.63) is 90.4 Å². The lowest BCUT2D eigenvalue weighted by atomic mass is 10.0. The predicted octanol–water partition coefficient (Wildman–Crippen LogP) is 5.24. The van der Waals surface area contributed by atoms with E-state index < -0.39 is 0 Å². The molecule has 5 heterocycles. The van der Waals surface area contributed by atoms with Crippen LogP contribution in [0.1, 0.15) is 12.5 Å². The van der Waals surface area contributed by atoms with Gasteiger partial charge >= 0.3 is 0 Å². The Hall–Kier alpha value is -4.80. The molecule has 1 aliphatic rings. The monoisotopic (exact) mass is 564 g/mol. The van der Waals surface area contributed by atoms with Gasteiger partial charge in [-0.2, -0.15) is 5.10 Å². The summed E-state index contributed by atoms with van der Waals surface area (Å²) in [6, 6.07) is 8.88. The highest BCUT2D eigenvalue weighted by Crippen LogP contribution is 2.35. The van der Waals surface area contributed by atoms with E-state index in [-0.39, 0.29) is 5.82 Å². The van der Waals surface area contributed by atoms with Crippen molar-refractivity contribution in [2.24, 2.45) is 0 Å². The number of allylic oxidation sites excluding steroid dienone is 2. The molecule has 1 aliphatic heterocycles. The van der Waals surface area contributed by atoms with Crippen LogP contribution in [-0.4, -0.2) is 70.4 Å². The number of pyridine rings is 2. The summed E-state index contributed by atoms with van der Waals surface area (Å²) in [7, 11) is 3.94. The molecular formula is C32H33FN8O. The van der Waals surface area contributed by atoms with Crippen molar-refractivity contribution in [1.29, 1.82) is 0 Å². The lowest BCUT2D eigenvalue weighted by Gasteiger charge is -2.12. The number of ether oxygens (including phenoxy) is 1. The first-order chi connectivity index (χ1) is 20.5. The van der Waals surface area contributed by atoms with Gasteiger partial charge in [0.05, 0.1) is 17.4 Å². The third-order valence-corrected chi connectivity index (χ3v) is 7.09. The molecule has 10 heteroatoms. The summed E-state index contributed by atoms with van der Waals surface area (Å²) in [5.41, 5.74) is 7.70. The van der Waals surface area contributed by atoms with Gasteiger partial charge < -0.3 is 25.3 Å². The number of nitrogens with one attached hydrogen (secondary N) is 4. The summed E-state index contributed by atoms with van der Waals surface area (Å²) >= 11 is 0. The second-order valence-corrected chi connectivity index (χ2v) is 10.5. The van der Waals surface area contributed by atoms with Crippen molar-refractivity contribution in [2.45, 2.75) is 6.92 Å². The quantitative estimate of drug-likeness (QED) is 0.184. The molecule has 9 nitrogen and oxygen atoms in total. The maximum absolute atomic E-state index is 14.6. The second-order valence-electron chi connectivity index (χ2n) is 10.5. The summed E-state index contributed by atoms with van der Waals surface area (Å²) in [6.07, 6.45) is 13.5. The van der Waals surface area contributed by atoms with E-state index in [9.17, 15) is 4.39 Å². The van der Waals surface area contributed by atoms with E-state index >= 15 is 0 Å². The van der Waals surface area contributed by atoms with Gasteiger partial charge in [-0.15, -0.1) is 0 Å². The standard InChI is InChI=1S/C32H33FN8O/c1-4-34-15-20-5-6-35-16-22(9-20)23-12-27-31(39-40-32(27)37-17-23)29-14-26-28(18-36-19-30(26)38-29)21-10-24(33)13-25(11-21)42-8-7-41(2)3/h5-6,9-14,16-19,34-35,38H,4,7-8,15H2,1-3H3,(H,37,39,40). The van der Waals surface area contributed by atoms with Gasteiger partial charge in [-0.25, -0.2) is 9.37 Å². The molecule has 6 rings (SSSR count). The number of nitrogens with zero attached hydrogens (tertiary/aromatic N) is 4. The van der Waals surface area contributed by atoms with Gasteiger partial charge in [-0.05, 0) is 73.8 Å². The number of hydrogen-bond acceptors (Lipinski definition) is 7. The number of aromatic nitrogens is 5. The van der Waals surface area contributed by atoms with E-state index in [2.05, 4.69) is 60.9 Å². The molecule has 0 saturated carbocycles. The number of H-pyrrole nitrogens is 2. The Bertz CT molecular complexity index is 1830. The molecule has 0 fully saturated rings. The van der Waals surface area contributed by atoms with Crippen LogP contribution in [0.2, 0.25) is 0 Å². The molecule has 0 atom stereocenters. The topological polar surface area (TPSA) is 107 Å². The minimum atomic E-state index is -0.364. The molecule has 4 N–H and O–H groups in total. The van der Waals surface area contributed by atoms with Gasteiger partial charge in [0, 0.05) is 65.8 Å². The van der Waals surface area contributed by atoms with Crippen molar-refractivity contribution in [1.82, 2.24) is 40.7 Å². The zero-order chi connectivity index (χ0) is 29.1. The van der Waals surface area contributed by atoms with Gasteiger partial charge in [0.15, 0.2) is 5.65 Å². The third-order valence-electron chi connectivity index (χ3n) is 7.09. The van der Waals surface area contributed by atoms with E-state index in [1.54, 1.807) is 12.4 Å². The SMILES string of the molecule is CCNCC1=CC(c2cnc3[nH]nc(-c4cc5c(-c6cc(F)cc(OCCN(C)C)c6)cncc5[nH]4)c3c2)=CNC=C1. The Kier molecular flexibility index (Phi) is 7.81. The number of fused-ring (bicyclic) bond motifs is 2. The molecule has 0 unspecified atom stereocenters. The highest BCUT2D eigenvalue weighted by Gasteiger charge is 2.17. The van der Waals surface area contributed by atoms with Crippen molar-refractivity contribution < 1.29 is 9.13 Å². The van der Waals surface area contributed by atoms with E-state index in [1.165, 1.54) is 17.7 Å². The molecule has 0 saturated heterocycles. The van der Waals surface area contributed by atoms with Crippen LogP contribution >= 0.6 is 0 Å². The first-order valence-electron chi connectivity index (χ1n) is 13.9. The molecule has 214 valence electrons. The Morgan fingerprint density at radius 2 is 1.93 bits per heavy atom. The average molecular weight is 565 g/mol. The zero-order valence-electron chi connectivity index (χ0n) is 23.8.